The van der Waals surface area contributed by atoms with E-state index in [1.165, 1.54) is 6.07 Å². The molecule has 0 radical (unpaired) electrons. The molecule has 0 bridgehead atoms. The van der Waals surface area contributed by atoms with Crippen molar-refractivity contribution >= 4 is 0 Å². The van der Waals surface area contributed by atoms with Crippen molar-refractivity contribution in [2.75, 3.05) is 7.05 Å². The normalized spacial score (nSPS) is 10.4. The van der Waals surface area contributed by atoms with Gasteiger partial charge in [-0.2, -0.15) is 0 Å². The van der Waals surface area contributed by atoms with E-state index in [-0.39, 0.29) is 5.82 Å². The highest BCUT2D eigenvalue weighted by Crippen LogP contribution is 2.25. The summed E-state index contributed by atoms with van der Waals surface area (Å²) in [4.78, 5) is 4.04. The summed E-state index contributed by atoms with van der Waals surface area (Å²) >= 11 is 0. The maximum atomic E-state index is 13.4. The number of rotatable bonds is 4. The third-order valence-corrected chi connectivity index (χ3v) is 2.60. The molecule has 1 aromatic carbocycles. The summed E-state index contributed by atoms with van der Waals surface area (Å²) in [6.45, 7) is 2.37. The minimum Gasteiger partial charge on any atom is -0.457 e. The van der Waals surface area contributed by atoms with Gasteiger partial charge in [-0.05, 0) is 31.7 Å². The Morgan fingerprint density at radius 2 is 2.17 bits per heavy atom. The molecular formula is C14H15FN2O. The lowest BCUT2D eigenvalue weighted by Gasteiger charge is -2.10. The van der Waals surface area contributed by atoms with Crippen LogP contribution >= 0.6 is 0 Å². The third-order valence-electron chi connectivity index (χ3n) is 2.60. The van der Waals surface area contributed by atoms with Crippen molar-refractivity contribution in [3.63, 3.8) is 0 Å². The van der Waals surface area contributed by atoms with Crippen molar-refractivity contribution in [1.29, 1.82) is 0 Å². The zero-order chi connectivity index (χ0) is 13.0. The molecule has 0 unspecified atom stereocenters. The predicted molar refractivity (Wildman–Crippen MR) is 68.2 cm³/mol. The zero-order valence-corrected chi connectivity index (χ0v) is 10.4. The summed E-state index contributed by atoms with van der Waals surface area (Å²) in [5.74, 6) is 0.904. The topological polar surface area (TPSA) is 34.2 Å². The number of nitrogens with one attached hydrogen (secondary N) is 1. The summed E-state index contributed by atoms with van der Waals surface area (Å²) in [6, 6.07) is 6.61. The molecule has 0 amide bonds. The molecule has 0 saturated heterocycles. The van der Waals surface area contributed by atoms with E-state index in [0.29, 0.717) is 23.6 Å². The molecule has 0 spiro atoms. The van der Waals surface area contributed by atoms with Gasteiger partial charge in [0.1, 0.15) is 17.3 Å². The van der Waals surface area contributed by atoms with E-state index in [4.69, 9.17) is 4.74 Å². The standard InChI is InChI=1S/C14H15FN2O/c1-10-3-4-12(7-13(10)15)18-14-5-6-17-9-11(14)8-16-2/h3-7,9,16H,8H2,1-2H3. The third kappa shape index (κ3) is 2.84. The Labute approximate surface area is 106 Å². The van der Waals surface area contributed by atoms with Crippen LogP contribution in [0.3, 0.4) is 0 Å². The van der Waals surface area contributed by atoms with Crippen LogP contribution in [0.5, 0.6) is 11.5 Å². The summed E-state index contributed by atoms with van der Waals surface area (Å²) in [6.07, 6.45) is 3.38. The largest absolute Gasteiger partial charge is 0.457 e. The number of pyridine rings is 1. The zero-order valence-electron chi connectivity index (χ0n) is 10.4. The Morgan fingerprint density at radius 1 is 1.33 bits per heavy atom. The average molecular weight is 246 g/mol. The van der Waals surface area contributed by atoms with Crippen LogP contribution in [0, 0.1) is 12.7 Å². The molecule has 1 N–H and O–H groups in total. The van der Waals surface area contributed by atoms with Crippen LogP contribution in [0.15, 0.2) is 36.7 Å². The van der Waals surface area contributed by atoms with Gasteiger partial charge in [0.2, 0.25) is 0 Å². The van der Waals surface area contributed by atoms with E-state index in [1.807, 2.05) is 7.05 Å². The highest BCUT2D eigenvalue weighted by Gasteiger charge is 2.06. The van der Waals surface area contributed by atoms with Gasteiger partial charge in [-0.15, -0.1) is 0 Å². The fourth-order valence-electron chi connectivity index (χ4n) is 1.60. The molecule has 3 nitrogen and oxygen atoms in total. The molecule has 0 aliphatic heterocycles. The second kappa shape index (κ2) is 5.60. The molecule has 2 aromatic rings. The molecule has 0 fully saturated rings. The first-order chi connectivity index (χ1) is 8.70. The number of aromatic nitrogens is 1. The number of halogens is 1. The van der Waals surface area contributed by atoms with Crippen molar-refractivity contribution in [2.45, 2.75) is 13.5 Å². The van der Waals surface area contributed by atoms with Crippen LogP contribution in [-0.4, -0.2) is 12.0 Å². The second-order valence-corrected chi connectivity index (χ2v) is 4.03. The Balaban J connectivity index is 2.25. The second-order valence-electron chi connectivity index (χ2n) is 4.03. The van der Waals surface area contributed by atoms with Crippen LogP contribution in [0.2, 0.25) is 0 Å². The van der Waals surface area contributed by atoms with Gasteiger partial charge in [0.25, 0.3) is 0 Å². The van der Waals surface area contributed by atoms with E-state index >= 15 is 0 Å². The molecule has 18 heavy (non-hydrogen) atoms. The first-order valence-electron chi connectivity index (χ1n) is 5.72. The number of nitrogens with zero attached hydrogens (tertiary/aromatic N) is 1. The highest BCUT2D eigenvalue weighted by atomic mass is 19.1. The molecule has 0 aliphatic carbocycles. The summed E-state index contributed by atoms with van der Waals surface area (Å²) in [5.41, 5.74) is 1.54. The summed E-state index contributed by atoms with van der Waals surface area (Å²) in [5, 5.41) is 3.04. The van der Waals surface area contributed by atoms with E-state index < -0.39 is 0 Å². The molecule has 1 aromatic heterocycles. The highest BCUT2D eigenvalue weighted by molar-refractivity contribution is 5.37. The van der Waals surface area contributed by atoms with Gasteiger partial charge in [-0.3, -0.25) is 4.98 Å². The van der Waals surface area contributed by atoms with Gasteiger partial charge >= 0.3 is 0 Å². The van der Waals surface area contributed by atoms with E-state index in [2.05, 4.69) is 10.3 Å². The summed E-state index contributed by atoms with van der Waals surface area (Å²) < 4.78 is 19.1. The van der Waals surface area contributed by atoms with Crippen molar-refractivity contribution < 1.29 is 9.13 Å². The van der Waals surface area contributed by atoms with Gasteiger partial charge in [0.05, 0.1) is 0 Å². The fraction of sp³-hybridized carbons (Fsp3) is 0.214. The predicted octanol–water partition coefficient (Wildman–Crippen LogP) is 3.04. The van der Waals surface area contributed by atoms with Crippen LogP contribution in [-0.2, 0) is 6.54 Å². The average Bonchev–Trinajstić information content (AvgIpc) is 2.37. The first-order valence-corrected chi connectivity index (χ1v) is 5.72. The molecule has 2 rings (SSSR count). The van der Waals surface area contributed by atoms with Crippen LogP contribution in [0.1, 0.15) is 11.1 Å². The molecule has 0 aliphatic rings. The number of benzene rings is 1. The Morgan fingerprint density at radius 3 is 2.89 bits per heavy atom. The quantitative estimate of drug-likeness (QED) is 0.900. The summed E-state index contributed by atoms with van der Waals surface area (Å²) in [7, 11) is 1.85. The smallest absolute Gasteiger partial charge is 0.134 e. The number of ether oxygens (including phenoxy) is 1. The van der Waals surface area contributed by atoms with Crippen molar-refractivity contribution in [3.8, 4) is 11.5 Å². The molecule has 94 valence electrons. The number of aryl methyl sites for hydroxylation is 1. The molecule has 0 saturated carbocycles. The number of hydrogen-bond donors (Lipinski definition) is 1. The van der Waals surface area contributed by atoms with Gasteiger partial charge in [0, 0.05) is 30.6 Å². The lowest BCUT2D eigenvalue weighted by molar-refractivity contribution is 0.467. The Hall–Kier alpha value is -1.94. The van der Waals surface area contributed by atoms with E-state index in [9.17, 15) is 4.39 Å². The van der Waals surface area contributed by atoms with Crippen LogP contribution < -0.4 is 10.1 Å². The Kier molecular flexibility index (Phi) is 3.89. The van der Waals surface area contributed by atoms with Gasteiger partial charge in [-0.1, -0.05) is 6.07 Å². The monoisotopic (exact) mass is 246 g/mol. The molecule has 4 heteroatoms. The SMILES string of the molecule is CNCc1cnccc1Oc1ccc(C)c(F)c1. The minimum absolute atomic E-state index is 0.267. The minimum atomic E-state index is -0.267. The van der Waals surface area contributed by atoms with Crippen LogP contribution in [0.25, 0.3) is 0 Å². The Bertz CT molecular complexity index is 543. The van der Waals surface area contributed by atoms with E-state index in [0.717, 1.165) is 5.56 Å². The molecular weight excluding hydrogens is 231 g/mol. The maximum Gasteiger partial charge on any atom is 0.134 e. The van der Waals surface area contributed by atoms with Crippen LogP contribution in [0.4, 0.5) is 4.39 Å². The molecule has 1 heterocycles. The fourth-order valence-corrected chi connectivity index (χ4v) is 1.60. The number of hydrogen-bond acceptors (Lipinski definition) is 3. The van der Waals surface area contributed by atoms with Crippen molar-refractivity contribution in [3.05, 3.63) is 53.6 Å². The van der Waals surface area contributed by atoms with Gasteiger partial charge in [0.15, 0.2) is 0 Å². The lowest BCUT2D eigenvalue weighted by Crippen LogP contribution is -2.06. The van der Waals surface area contributed by atoms with Crippen molar-refractivity contribution in [1.82, 2.24) is 10.3 Å². The molecule has 0 atom stereocenters. The maximum absolute atomic E-state index is 13.4. The first kappa shape index (κ1) is 12.5. The van der Waals surface area contributed by atoms with Gasteiger partial charge < -0.3 is 10.1 Å². The van der Waals surface area contributed by atoms with E-state index in [1.54, 1.807) is 37.5 Å². The van der Waals surface area contributed by atoms with Crippen molar-refractivity contribution in [2.24, 2.45) is 0 Å². The van der Waals surface area contributed by atoms with Gasteiger partial charge in [-0.25, -0.2) is 4.39 Å². The lowest BCUT2D eigenvalue weighted by atomic mass is 10.2.